The van der Waals surface area contributed by atoms with Gasteiger partial charge in [-0.05, 0) is 25.0 Å². The molecule has 0 bridgehead atoms. The van der Waals surface area contributed by atoms with Crippen LogP contribution in [0.15, 0.2) is 18.3 Å². The number of rotatable bonds is 5. The molecule has 2 N–H and O–H groups in total. The number of amides is 1. The summed E-state index contributed by atoms with van der Waals surface area (Å²) < 4.78 is 5.49. The number of nitrogens with one attached hydrogen (secondary N) is 1. The monoisotopic (exact) mass is 278 g/mol. The van der Waals surface area contributed by atoms with Gasteiger partial charge in [0.25, 0.3) is 0 Å². The molecule has 0 aliphatic carbocycles. The van der Waals surface area contributed by atoms with Crippen LogP contribution < -0.4 is 5.32 Å². The van der Waals surface area contributed by atoms with Gasteiger partial charge in [-0.1, -0.05) is 6.92 Å². The highest BCUT2D eigenvalue weighted by Crippen LogP contribution is 2.24. The Hall–Kier alpha value is -1.95. The van der Waals surface area contributed by atoms with Gasteiger partial charge < -0.3 is 15.2 Å². The SMILES string of the molecule is CCC1OCCC1C(=O)Nc1ccc(CC(=O)O)nc1. The lowest BCUT2D eigenvalue weighted by Crippen LogP contribution is -2.29. The molecule has 2 heterocycles. The van der Waals surface area contributed by atoms with Crippen LogP contribution in [0.25, 0.3) is 0 Å². The predicted octanol–water partition coefficient (Wildman–Crippen LogP) is 1.46. The second-order valence-corrected chi connectivity index (χ2v) is 4.81. The highest BCUT2D eigenvalue weighted by atomic mass is 16.5. The number of aliphatic carboxylic acids is 1. The summed E-state index contributed by atoms with van der Waals surface area (Å²) in [7, 11) is 0. The molecule has 1 fully saturated rings. The van der Waals surface area contributed by atoms with E-state index in [2.05, 4.69) is 10.3 Å². The molecule has 1 aliphatic heterocycles. The van der Waals surface area contributed by atoms with Gasteiger partial charge in [-0.25, -0.2) is 0 Å². The maximum absolute atomic E-state index is 12.1. The Morgan fingerprint density at radius 3 is 2.90 bits per heavy atom. The Kier molecular flexibility index (Phi) is 4.68. The van der Waals surface area contributed by atoms with Crippen LogP contribution >= 0.6 is 0 Å². The number of carboxylic acid groups (broad SMARTS) is 1. The van der Waals surface area contributed by atoms with Crippen LogP contribution in [0.3, 0.4) is 0 Å². The minimum absolute atomic E-state index is 0.0192. The third-order valence-corrected chi connectivity index (χ3v) is 3.37. The summed E-state index contributed by atoms with van der Waals surface area (Å²) in [4.78, 5) is 26.7. The number of pyridine rings is 1. The van der Waals surface area contributed by atoms with Gasteiger partial charge in [0.1, 0.15) is 0 Å². The fraction of sp³-hybridized carbons (Fsp3) is 0.500. The maximum atomic E-state index is 12.1. The lowest BCUT2D eigenvalue weighted by molar-refractivity contribution is -0.136. The molecule has 0 spiro atoms. The average Bonchev–Trinajstić information content (AvgIpc) is 2.89. The molecule has 1 amide bonds. The van der Waals surface area contributed by atoms with Gasteiger partial charge in [0.15, 0.2) is 0 Å². The molecule has 2 atom stereocenters. The third-order valence-electron chi connectivity index (χ3n) is 3.37. The van der Waals surface area contributed by atoms with Crippen LogP contribution in [-0.2, 0) is 20.7 Å². The highest BCUT2D eigenvalue weighted by molar-refractivity contribution is 5.93. The number of nitrogens with zero attached hydrogens (tertiary/aromatic N) is 1. The number of carbonyl (C=O) groups excluding carboxylic acids is 1. The molecule has 6 heteroatoms. The standard InChI is InChI=1S/C14H18N2O4/c1-2-12-11(5-6-20-12)14(19)16-10-4-3-9(15-8-10)7-13(17)18/h3-4,8,11-12H,2,5-7H2,1H3,(H,16,19)(H,17,18). The Labute approximate surface area is 117 Å². The van der Waals surface area contributed by atoms with Crippen molar-refractivity contribution in [3.63, 3.8) is 0 Å². The molecule has 6 nitrogen and oxygen atoms in total. The molecule has 108 valence electrons. The third kappa shape index (κ3) is 3.54. The van der Waals surface area contributed by atoms with Crippen LogP contribution in [0, 0.1) is 5.92 Å². The van der Waals surface area contributed by atoms with E-state index in [1.54, 1.807) is 12.1 Å². The van der Waals surface area contributed by atoms with E-state index in [-0.39, 0.29) is 24.3 Å². The molecule has 0 saturated carbocycles. The van der Waals surface area contributed by atoms with E-state index < -0.39 is 5.97 Å². The van der Waals surface area contributed by atoms with Crippen LogP contribution in [0.5, 0.6) is 0 Å². The van der Waals surface area contributed by atoms with Gasteiger partial charge in [-0.15, -0.1) is 0 Å². The number of carboxylic acids is 1. The number of hydrogen-bond donors (Lipinski definition) is 2. The van der Waals surface area contributed by atoms with E-state index in [9.17, 15) is 9.59 Å². The molecular weight excluding hydrogens is 260 g/mol. The summed E-state index contributed by atoms with van der Waals surface area (Å²) in [6.45, 7) is 2.62. The quantitative estimate of drug-likeness (QED) is 0.851. The Morgan fingerprint density at radius 2 is 2.30 bits per heavy atom. The number of ether oxygens (including phenoxy) is 1. The number of aromatic nitrogens is 1. The summed E-state index contributed by atoms with van der Waals surface area (Å²) in [6, 6.07) is 3.27. The molecule has 1 saturated heterocycles. The van der Waals surface area contributed by atoms with Gasteiger partial charge in [-0.2, -0.15) is 0 Å². The van der Waals surface area contributed by atoms with Gasteiger partial charge in [0.2, 0.25) is 5.91 Å². The van der Waals surface area contributed by atoms with Crippen molar-refractivity contribution < 1.29 is 19.4 Å². The lowest BCUT2D eigenvalue weighted by Gasteiger charge is -2.16. The van der Waals surface area contributed by atoms with E-state index >= 15 is 0 Å². The minimum Gasteiger partial charge on any atom is -0.481 e. The van der Waals surface area contributed by atoms with E-state index in [4.69, 9.17) is 9.84 Å². The van der Waals surface area contributed by atoms with E-state index in [0.29, 0.717) is 18.0 Å². The van der Waals surface area contributed by atoms with E-state index in [1.807, 2.05) is 6.92 Å². The smallest absolute Gasteiger partial charge is 0.309 e. The van der Waals surface area contributed by atoms with Gasteiger partial charge in [0, 0.05) is 6.61 Å². The fourth-order valence-electron chi connectivity index (χ4n) is 2.34. The first-order valence-electron chi connectivity index (χ1n) is 6.69. The van der Waals surface area contributed by atoms with Crippen LogP contribution in [0.1, 0.15) is 25.5 Å². The molecular formula is C14H18N2O4. The largest absolute Gasteiger partial charge is 0.481 e. The van der Waals surface area contributed by atoms with Gasteiger partial charge in [0.05, 0.1) is 36.0 Å². The lowest BCUT2D eigenvalue weighted by atomic mass is 9.98. The maximum Gasteiger partial charge on any atom is 0.309 e. The highest BCUT2D eigenvalue weighted by Gasteiger charge is 2.32. The van der Waals surface area contributed by atoms with Crippen molar-refractivity contribution in [2.45, 2.75) is 32.3 Å². The van der Waals surface area contributed by atoms with Crippen LogP contribution in [0.4, 0.5) is 5.69 Å². The summed E-state index contributed by atoms with van der Waals surface area (Å²) in [5.41, 5.74) is 1.04. The van der Waals surface area contributed by atoms with E-state index in [0.717, 1.165) is 12.8 Å². The average molecular weight is 278 g/mol. The van der Waals surface area contributed by atoms with Crippen molar-refractivity contribution in [2.75, 3.05) is 11.9 Å². The van der Waals surface area contributed by atoms with Crippen molar-refractivity contribution in [2.24, 2.45) is 5.92 Å². The Bertz CT molecular complexity index is 486. The normalized spacial score (nSPS) is 21.6. The number of anilines is 1. The van der Waals surface area contributed by atoms with E-state index in [1.165, 1.54) is 6.20 Å². The first kappa shape index (κ1) is 14.5. The fourth-order valence-corrected chi connectivity index (χ4v) is 2.34. The van der Waals surface area contributed by atoms with Gasteiger partial charge in [-0.3, -0.25) is 14.6 Å². The zero-order valence-corrected chi connectivity index (χ0v) is 11.3. The first-order chi connectivity index (χ1) is 9.60. The van der Waals surface area contributed by atoms with Crippen molar-refractivity contribution in [3.8, 4) is 0 Å². The molecule has 1 aliphatic rings. The molecule has 1 aromatic rings. The number of hydrogen-bond acceptors (Lipinski definition) is 4. The van der Waals surface area contributed by atoms with Gasteiger partial charge >= 0.3 is 5.97 Å². The minimum atomic E-state index is -0.928. The topological polar surface area (TPSA) is 88.5 Å². The second kappa shape index (κ2) is 6.47. The molecule has 0 radical (unpaired) electrons. The van der Waals surface area contributed by atoms with Crippen molar-refractivity contribution in [1.82, 2.24) is 4.98 Å². The number of carbonyl (C=O) groups is 2. The summed E-state index contributed by atoms with van der Waals surface area (Å²) >= 11 is 0. The Morgan fingerprint density at radius 1 is 1.50 bits per heavy atom. The van der Waals surface area contributed by atoms with Crippen LogP contribution in [0.2, 0.25) is 0 Å². The predicted molar refractivity (Wildman–Crippen MR) is 72.3 cm³/mol. The summed E-state index contributed by atoms with van der Waals surface area (Å²) in [5, 5.41) is 11.5. The second-order valence-electron chi connectivity index (χ2n) is 4.81. The summed E-state index contributed by atoms with van der Waals surface area (Å²) in [5.74, 6) is -1.12. The van der Waals surface area contributed by atoms with Crippen molar-refractivity contribution >= 4 is 17.6 Å². The molecule has 1 aromatic heterocycles. The first-order valence-corrected chi connectivity index (χ1v) is 6.69. The van der Waals surface area contributed by atoms with Crippen molar-refractivity contribution in [3.05, 3.63) is 24.0 Å². The van der Waals surface area contributed by atoms with Crippen molar-refractivity contribution in [1.29, 1.82) is 0 Å². The zero-order valence-electron chi connectivity index (χ0n) is 11.3. The zero-order chi connectivity index (χ0) is 14.5. The molecule has 2 rings (SSSR count). The molecule has 20 heavy (non-hydrogen) atoms. The molecule has 2 unspecified atom stereocenters. The Balaban J connectivity index is 1.95. The van der Waals surface area contributed by atoms with Crippen LogP contribution in [-0.4, -0.2) is 34.7 Å². The molecule has 0 aromatic carbocycles. The summed E-state index contributed by atoms with van der Waals surface area (Å²) in [6.07, 6.45) is 2.88.